The van der Waals surface area contributed by atoms with E-state index in [2.05, 4.69) is 6.92 Å². The normalized spacial score (nSPS) is 36.1. The van der Waals surface area contributed by atoms with Crippen LogP contribution < -0.4 is 0 Å². The third kappa shape index (κ3) is 2.01. The Bertz CT molecular complexity index is 103. The largest absolute Gasteiger partial charge is 0.303 e. The average Bonchev–Trinajstić information content (AvgIpc) is 1.88. The van der Waals surface area contributed by atoms with Crippen molar-refractivity contribution < 1.29 is 4.79 Å². The number of carbonyl (C=O) groups is 1. The summed E-state index contributed by atoms with van der Waals surface area (Å²) in [5, 5.41) is 0.703. The van der Waals surface area contributed by atoms with Gasteiger partial charge in [0.05, 0.1) is 0 Å². The van der Waals surface area contributed by atoms with Crippen LogP contribution in [0, 0.1) is 5.92 Å². The quantitative estimate of drug-likeness (QED) is 0.521. The first-order valence-corrected chi connectivity index (χ1v) is 4.44. The summed E-state index contributed by atoms with van der Waals surface area (Å²) in [5.41, 5.74) is 0. The van der Waals surface area contributed by atoms with Crippen molar-refractivity contribution in [2.24, 2.45) is 5.92 Å². The van der Waals surface area contributed by atoms with Crippen LogP contribution in [0.4, 0.5) is 0 Å². The summed E-state index contributed by atoms with van der Waals surface area (Å²) in [6, 6.07) is 0. The molecule has 2 atom stereocenters. The summed E-state index contributed by atoms with van der Waals surface area (Å²) in [7, 11) is 0. The van der Waals surface area contributed by atoms with Crippen LogP contribution in [0.2, 0.25) is 0 Å². The second kappa shape index (κ2) is 3.25. The van der Waals surface area contributed by atoms with E-state index in [0.717, 1.165) is 19.1 Å². The van der Waals surface area contributed by atoms with Gasteiger partial charge in [-0.25, -0.2) is 0 Å². The first-order valence-electron chi connectivity index (χ1n) is 3.40. The van der Waals surface area contributed by atoms with Gasteiger partial charge in [0, 0.05) is 11.2 Å². The van der Waals surface area contributed by atoms with Crippen molar-refractivity contribution in [2.45, 2.75) is 25.0 Å². The molecule has 1 saturated heterocycles. The Kier molecular flexibility index (Phi) is 2.58. The van der Waals surface area contributed by atoms with Gasteiger partial charge in [-0.1, -0.05) is 6.92 Å². The third-order valence-electron chi connectivity index (χ3n) is 1.72. The van der Waals surface area contributed by atoms with Crippen LogP contribution in [-0.2, 0) is 4.79 Å². The Morgan fingerprint density at radius 1 is 1.67 bits per heavy atom. The van der Waals surface area contributed by atoms with E-state index >= 15 is 0 Å². The summed E-state index contributed by atoms with van der Waals surface area (Å²) >= 11 is 1.98. The van der Waals surface area contributed by atoms with Crippen molar-refractivity contribution in [3.05, 3.63) is 0 Å². The summed E-state index contributed by atoms with van der Waals surface area (Å²) in [5.74, 6) is 1.53. The molecule has 1 nitrogen and oxygen atoms in total. The Balaban J connectivity index is 2.31. The van der Waals surface area contributed by atoms with Crippen LogP contribution in [-0.4, -0.2) is 17.3 Å². The number of aldehydes is 1. The maximum Gasteiger partial charge on any atom is 0.123 e. The summed E-state index contributed by atoms with van der Waals surface area (Å²) in [6.45, 7) is 2.19. The molecule has 0 saturated carbocycles. The van der Waals surface area contributed by atoms with Crippen molar-refractivity contribution in [2.75, 3.05) is 5.75 Å². The van der Waals surface area contributed by atoms with E-state index in [1.165, 1.54) is 5.75 Å². The number of hydrogen-bond acceptors (Lipinski definition) is 2. The molecule has 0 N–H and O–H groups in total. The van der Waals surface area contributed by atoms with Gasteiger partial charge in [0.2, 0.25) is 0 Å². The highest BCUT2D eigenvalue weighted by atomic mass is 32.2. The van der Waals surface area contributed by atoms with E-state index in [9.17, 15) is 4.79 Å². The molecule has 0 bridgehead atoms. The minimum Gasteiger partial charge on any atom is -0.303 e. The second-order valence-corrected chi connectivity index (χ2v) is 4.15. The van der Waals surface area contributed by atoms with Gasteiger partial charge >= 0.3 is 0 Å². The fraction of sp³-hybridized carbons (Fsp3) is 0.857. The van der Waals surface area contributed by atoms with Crippen molar-refractivity contribution in [3.63, 3.8) is 0 Å². The van der Waals surface area contributed by atoms with Gasteiger partial charge in [0.1, 0.15) is 6.29 Å². The topological polar surface area (TPSA) is 17.1 Å². The van der Waals surface area contributed by atoms with Gasteiger partial charge in [0.15, 0.2) is 0 Å². The van der Waals surface area contributed by atoms with Crippen molar-refractivity contribution in [1.82, 2.24) is 0 Å². The van der Waals surface area contributed by atoms with Gasteiger partial charge in [-0.2, -0.15) is 11.8 Å². The third-order valence-corrected chi connectivity index (χ3v) is 2.95. The van der Waals surface area contributed by atoms with Crippen molar-refractivity contribution in [3.8, 4) is 0 Å². The molecule has 52 valence electrons. The molecule has 0 aliphatic carbocycles. The molecule has 2 heteroatoms. The lowest BCUT2D eigenvalue weighted by atomic mass is 10.0. The zero-order valence-electron chi connectivity index (χ0n) is 5.67. The number of carbonyl (C=O) groups excluding carboxylic acids is 1. The number of hydrogen-bond donors (Lipinski definition) is 0. The molecule has 1 aliphatic heterocycles. The maximum atomic E-state index is 10.3. The first-order chi connectivity index (χ1) is 4.33. The SMILES string of the molecule is C[C@@H]1C[C@@H](C=O)CCS1. The fourth-order valence-corrected chi connectivity index (χ4v) is 2.38. The molecule has 0 unspecified atom stereocenters. The Morgan fingerprint density at radius 2 is 2.44 bits per heavy atom. The predicted octanol–water partition coefficient (Wildman–Crippen LogP) is 1.72. The zero-order chi connectivity index (χ0) is 6.69. The molecule has 0 aromatic carbocycles. The van der Waals surface area contributed by atoms with Crippen LogP contribution >= 0.6 is 11.8 Å². The molecule has 1 aliphatic rings. The number of thioether (sulfide) groups is 1. The zero-order valence-corrected chi connectivity index (χ0v) is 6.49. The molecule has 1 rings (SSSR count). The Hall–Kier alpha value is 0.0200. The van der Waals surface area contributed by atoms with Gasteiger partial charge in [-0.15, -0.1) is 0 Å². The first kappa shape index (κ1) is 7.13. The molecule has 9 heavy (non-hydrogen) atoms. The molecule has 0 amide bonds. The summed E-state index contributed by atoms with van der Waals surface area (Å²) in [6.07, 6.45) is 3.29. The molecule has 1 fully saturated rings. The van der Waals surface area contributed by atoms with Crippen LogP contribution in [0.5, 0.6) is 0 Å². The van der Waals surface area contributed by atoms with E-state index in [0.29, 0.717) is 11.2 Å². The van der Waals surface area contributed by atoms with Crippen molar-refractivity contribution >= 4 is 18.0 Å². The summed E-state index contributed by atoms with van der Waals surface area (Å²) < 4.78 is 0. The molecule has 0 aromatic heterocycles. The van der Waals surface area contributed by atoms with Crippen molar-refractivity contribution in [1.29, 1.82) is 0 Å². The molecular weight excluding hydrogens is 132 g/mol. The van der Waals surface area contributed by atoms with Crippen LogP contribution in [0.15, 0.2) is 0 Å². The Morgan fingerprint density at radius 3 is 2.89 bits per heavy atom. The van der Waals surface area contributed by atoms with E-state index in [1.807, 2.05) is 11.8 Å². The van der Waals surface area contributed by atoms with Gasteiger partial charge in [-0.05, 0) is 18.6 Å². The summed E-state index contributed by atoms with van der Waals surface area (Å²) in [4.78, 5) is 10.3. The van der Waals surface area contributed by atoms with Gasteiger partial charge in [-0.3, -0.25) is 0 Å². The fourth-order valence-electron chi connectivity index (χ4n) is 1.16. The highest BCUT2D eigenvalue weighted by Crippen LogP contribution is 2.27. The smallest absolute Gasteiger partial charge is 0.123 e. The average molecular weight is 144 g/mol. The highest BCUT2D eigenvalue weighted by Gasteiger charge is 2.17. The maximum absolute atomic E-state index is 10.3. The molecule has 0 spiro atoms. The standard InChI is InChI=1S/C7H12OS/c1-6-4-7(5-8)2-3-9-6/h5-7H,2-4H2,1H3/t6-,7+/m1/s1. The van der Waals surface area contributed by atoms with Gasteiger partial charge < -0.3 is 4.79 Å². The minimum atomic E-state index is 0.362. The molecule has 1 heterocycles. The second-order valence-electron chi connectivity index (χ2n) is 2.60. The predicted molar refractivity (Wildman–Crippen MR) is 40.7 cm³/mol. The minimum absolute atomic E-state index is 0.362. The molecule has 0 aromatic rings. The van der Waals surface area contributed by atoms with Crippen LogP contribution in [0.25, 0.3) is 0 Å². The number of rotatable bonds is 1. The monoisotopic (exact) mass is 144 g/mol. The Labute approximate surface area is 60.2 Å². The van der Waals surface area contributed by atoms with Crippen LogP contribution in [0.3, 0.4) is 0 Å². The molecule has 0 radical (unpaired) electrons. The molecular formula is C7H12OS. The lowest BCUT2D eigenvalue weighted by Crippen LogP contribution is -2.16. The van der Waals surface area contributed by atoms with E-state index in [1.54, 1.807) is 0 Å². The van der Waals surface area contributed by atoms with E-state index in [4.69, 9.17) is 0 Å². The lowest BCUT2D eigenvalue weighted by molar-refractivity contribution is -0.111. The lowest BCUT2D eigenvalue weighted by Gasteiger charge is -2.21. The van der Waals surface area contributed by atoms with Gasteiger partial charge in [0.25, 0.3) is 0 Å². The van der Waals surface area contributed by atoms with E-state index < -0.39 is 0 Å². The van der Waals surface area contributed by atoms with E-state index in [-0.39, 0.29) is 0 Å². The van der Waals surface area contributed by atoms with Crippen LogP contribution in [0.1, 0.15) is 19.8 Å². The highest BCUT2D eigenvalue weighted by molar-refractivity contribution is 7.99.